The van der Waals surface area contributed by atoms with Gasteiger partial charge in [-0.25, -0.2) is 13.2 Å². The second-order valence-corrected chi connectivity index (χ2v) is 13.0. The monoisotopic (exact) mass is 624 g/mol. The van der Waals surface area contributed by atoms with Crippen LogP contribution in [0, 0.1) is 5.92 Å². The molecule has 0 bridgehead atoms. The normalized spacial score (nSPS) is 13.0. The molecule has 2 atom stereocenters. The molecule has 0 unspecified atom stereocenters. The number of amides is 2. The number of nitrogens with one attached hydrogen (secondary N) is 2. The molecule has 0 radical (unpaired) electrons. The van der Waals surface area contributed by atoms with Gasteiger partial charge in [-0.05, 0) is 59.7 Å². The highest BCUT2D eigenvalue weighted by Crippen LogP contribution is 2.25. The Balaban J connectivity index is 1.63. The predicted molar refractivity (Wildman–Crippen MR) is 172 cm³/mol. The summed E-state index contributed by atoms with van der Waals surface area (Å²) in [6, 6.07) is 22.1. The lowest BCUT2D eigenvalue weighted by atomic mass is 9.95. The summed E-state index contributed by atoms with van der Waals surface area (Å²) in [5.41, 5.74) is 9.07. The molecule has 238 valence electrons. The quantitative estimate of drug-likeness (QED) is 0.138. The van der Waals surface area contributed by atoms with Gasteiger partial charge in [-0.3, -0.25) is 4.79 Å². The van der Waals surface area contributed by atoms with Crippen LogP contribution in [0.25, 0.3) is 11.1 Å². The van der Waals surface area contributed by atoms with Gasteiger partial charge in [0.05, 0.1) is 18.6 Å². The minimum absolute atomic E-state index is 0.0400. The fourth-order valence-electron chi connectivity index (χ4n) is 4.97. The van der Waals surface area contributed by atoms with Gasteiger partial charge in [0.25, 0.3) is 0 Å². The maximum absolute atomic E-state index is 13.5. The molecule has 3 aromatic carbocycles. The lowest BCUT2D eigenvalue weighted by molar-refractivity contribution is -0.123. The maximum atomic E-state index is 13.5. The summed E-state index contributed by atoms with van der Waals surface area (Å²) in [6.45, 7) is 4.07. The minimum atomic E-state index is -3.86. The fraction of sp³-hybridized carbons (Fsp3) is 0.394. The number of methoxy groups -OCH3 is 1. The van der Waals surface area contributed by atoms with Crippen LogP contribution < -0.4 is 16.4 Å². The van der Waals surface area contributed by atoms with Crippen LogP contribution in [0.5, 0.6) is 0 Å². The zero-order valence-corrected chi connectivity index (χ0v) is 26.4. The van der Waals surface area contributed by atoms with E-state index in [1.165, 1.54) is 23.5 Å². The van der Waals surface area contributed by atoms with Crippen LogP contribution in [0.15, 0.2) is 83.8 Å². The lowest BCUT2D eigenvalue weighted by Gasteiger charge is -2.31. The molecule has 0 spiro atoms. The Morgan fingerprint density at radius 3 is 2.25 bits per heavy atom. The van der Waals surface area contributed by atoms with E-state index in [0.717, 1.165) is 16.7 Å². The standard InChI is InChI=1S/C33H44N4O6S/c1-24(2)22-37(44(41,42)29-18-16-27(34)17-19-29)28(23-38)14-9-10-20-35-32(39)31(36-33(40)43-3)21-26-13-7-8-15-30(26)25-11-5-4-6-12-25/h4-8,11-13,15-19,24,28,31,38H,9-10,14,20-23,34H2,1-3H3,(H,35,39)(H,36,40)/t28-,31+/m0/s1. The van der Waals surface area contributed by atoms with Crippen molar-refractivity contribution in [3.63, 3.8) is 0 Å². The molecule has 0 aliphatic carbocycles. The number of anilines is 1. The van der Waals surface area contributed by atoms with E-state index >= 15 is 0 Å². The summed E-state index contributed by atoms with van der Waals surface area (Å²) in [6.07, 6.45) is 1.06. The first-order chi connectivity index (χ1) is 21.1. The third kappa shape index (κ3) is 9.80. The summed E-state index contributed by atoms with van der Waals surface area (Å²) in [5.74, 6) is -0.317. The third-order valence-corrected chi connectivity index (χ3v) is 9.17. The van der Waals surface area contributed by atoms with Gasteiger partial charge in [-0.1, -0.05) is 74.9 Å². The number of alkyl carbamates (subject to hydrolysis) is 1. The molecule has 0 fully saturated rings. The van der Waals surface area contributed by atoms with E-state index in [-0.39, 0.29) is 36.3 Å². The molecule has 0 aromatic heterocycles. The van der Waals surface area contributed by atoms with E-state index in [1.807, 2.05) is 68.4 Å². The van der Waals surface area contributed by atoms with Crippen LogP contribution >= 0.6 is 0 Å². The van der Waals surface area contributed by atoms with Gasteiger partial charge in [0.15, 0.2) is 0 Å². The Labute approximate surface area is 260 Å². The van der Waals surface area contributed by atoms with Gasteiger partial charge in [0.1, 0.15) is 6.04 Å². The van der Waals surface area contributed by atoms with E-state index in [0.29, 0.717) is 31.5 Å². The number of hydrogen-bond acceptors (Lipinski definition) is 7. The number of carbonyl (C=O) groups is 2. The molecule has 0 heterocycles. The van der Waals surface area contributed by atoms with Gasteiger partial charge >= 0.3 is 6.09 Å². The molecule has 5 N–H and O–H groups in total. The van der Waals surface area contributed by atoms with Gasteiger partial charge in [-0.2, -0.15) is 4.31 Å². The molecule has 44 heavy (non-hydrogen) atoms. The average Bonchev–Trinajstić information content (AvgIpc) is 3.02. The van der Waals surface area contributed by atoms with Crippen molar-refractivity contribution in [1.82, 2.24) is 14.9 Å². The van der Waals surface area contributed by atoms with E-state index in [1.54, 1.807) is 12.1 Å². The summed E-state index contributed by atoms with van der Waals surface area (Å²) < 4.78 is 33.1. The summed E-state index contributed by atoms with van der Waals surface area (Å²) >= 11 is 0. The highest BCUT2D eigenvalue weighted by molar-refractivity contribution is 7.89. The number of ether oxygens (including phenoxy) is 1. The number of nitrogens with zero attached hydrogens (tertiary/aromatic N) is 1. The average molecular weight is 625 g/mol. The van der Waals surface area contributed by atoms with Crippen LogP contribution in [-0.4, -0.2) is 68.7 Å². The van der Waals surface area contributed by atoms with Crippen molar-refractivity contribution in [3.05, 3.63) is 84.4 Å². The van der Waals surface area contributed by atoms with Crippen molar-refractivity contribution >= 4 is 27.7 Å². The Morgan fingerprint density at radius 2 is 1.61 bits per heavy atom. The van der Waals surface area contributed by atoms with Crippen LogP contribution in [0.3, 0.4) is 0 Å². The maximum Gasteiger partial charge on any atom is 0.407 e. The van der Waals surface area contributed by atoms with Crippen molar-refractivity contribution in [1.29, 1.82) is 0 Å². The number of hydrogen-bond donors (Lipinski definition) is 4. The number of sulfonamides is 1. The molecule has 0 aliphatic rings. The zero-order valence-electron chi connectivity index (χ0n) is 25.6. The number of benzene rings is 3. The number of nitrogen functional groups attached to an aromatic ring is 1. The first-order valence-corrected chi connectivity index (χ1v) is 16.2. The Morgan fingerprint density at radius 1 is 0.955 bits per heavy atom. The van der Waals surface area contributed by atoms with Gasteiger partial charge in [0, 0.05) is 31.2 Å². The number of rotatable bonds is 16. The number of carbonyl (C=O) groups excluding carboxylic acids is 2. The van der Waals surface area contributed by atoms with Gasteiger partial charge in [-0.15, -0.1) is 0 Å². The molecule has 10 nitrogen and oxygen atoms in total. The number of aliphatic hydroxyl groups is 1. The first-order valence-electron chi connectivity index (χ1n) is 14.8. The molecular formula is C33H44N4O6S. The SMILES string of the molecule is COC(=O)N[C@H](Cc1ccccc1-c1ccccc1)C(=O)NCCCC[C@@H](CO)N(CC(C)C)S(=O)(=O)c1ccc(N)cc1. The van der Waals surface area contributed by atoms with E-state index in [4.69, 9.17) is 10.5 Å². The number of nitrogens with two attached hydrogens (primary N) is 1. The van der Waals surface area contributed by atoms with E-state index in [9.17, 15) is 23.1 Å². The number of unbranched alkanes of at least 4 members (excludes halogenated alkanes) is 1. The second kappa shape index (κ2) is 16.8. The van der Waals surface area contributed by atoms with Crippen molar-refractivity contribution in [2.45, 2.75) is 56.5 Å². The van der Waals surface area contributed by atoms with E-state index in [2.05, 4.69) is 10.6 Å². The minimum Gasteiger partial charge on any atom is -0.453 e. The first kappa shape index (κ1) is 34.6. The van der Waals surface area contributed by atoms with Crippen LogP contribution in [0.1, 0.15) is 38.7 Å². The fourth-order valence-corrected chi connectivity index (χ4v) is 6.78. The summed E-state index contributed by atoms with van der Waals surface area (Å²) in [7, 11) is -2.62. The van der Waals surface area contributed by atoms with Crippen molar-refractivity contribution in [2.24, 2.45) is 5.92 Å². The van der Waals surface area contributed by atoms with Crippen molar-refractivity contribution < 1.29 is 27.9 Å². The molecule has 11 heteroatoms. The Kier molecular flexibility index (Phi) is 13.2. The number of aliphatic hydroxyl groups excluding tert-OH is 1. The van der Waals surface area contributed by atoms with Crippen molar-refractivity contribution in [3.8, 4) is 11.1 Å². The Bertz CT molecular complexity index is 1450. The van der Waals surface area contributed by atoms with Gasteiger partial charge in [0.2, 0.25) is 15.9 Å². The zero-order chi connectivity index (χ0) is 32.1. The van der Waals surface area contributed by atoms with Gasteiger partial charge < -0.3 is 26.2 Å². The lowest BCUT2D eigenvalue weighted by Crippen LogP contribution is -2.48. The van der Waals surface area contributed by atoms with Crippen LogP contribution in [-0.2, 0) is 26.0 Å². The van der Waals surface area contributed by atoms with Crippen molar-refractivity contribution in [2.75, 3.05) is 32.5 Å². The molecule has 0 saturated carbocycles. The predicted octanol–water partition coefficient (Wildman–Crippen LogP) is 4.20. The molecule has 3 rings (SSSR count). The molecular weight excluding hydrogens is 580 g/mol. The van der Waals surface area contributed by atoms with Crippen LogP contribution in [0.2, 0.25) is 0 Å². The summed E-state index contributed by atoms with van der Waals surface area (Å²) in [4.78, 5) is 25.4. The van der Waals surface area contributed by atoms with Crippen LogP contribution in [0.4, 0.5) is 10.5 Å². The molecule has 2 amide bonds. The Hall–Kier alpha value is -3.93. The highest BCUT2D eigenvalue weighted by Gasteiger charge is 2.31. The molecule has 3 aromatic rings. The second-order valence-electron chi connectivity index (χ2n) is 11.1. The largest absolute Gasteiger partial charge is 0.453 e. The topological polar surface area (TPSA) is 151 Å². The summed E-state index contributed by atoms with van der Waals surface area (Å²) in [5, 5.41) is 15.7. The third-order valence-electron chi connectivity index (χ3n) is 7.23. The molecule has 0 saturated heterocycles. The molecule has 0 aliphatic heterocycles. The smallest absolute Gasteiger partial charge is 0.407 e. The van der Waals surface area contributed by atoms with E-state index < -0.39 is 28.2 Å². The highest BCUT2D eigenvalue weighted by atomic mass is 32.2.